The summed E-state index contributed by atoms with van der Waals surface area (Å²) < 4.78 is 26.8. The van der Waals surface area contributed by atoms with Gasteiger partial charge >= 0.3 is 0 Å². The quantitative estimate of drug-likeness (QED) is 0.555. The first-order chi connectivity index (χ1) is 13.3. The Labute approximate surface area is 153 Å². The predicted octanol–water partition coefficient (Wildman–Crippen LogP) is 3.41. The van der Waals surface area contributed by atoms with E-state index in [1.807, 2.05) is 28.8 Å². The van der Waals surface area contributed by atoms with Crippen LogP contribution in [-0.2, 0) is 17.9 Å². The molecule has 134 valence electrons. The molecule has 0 radical (unpaired) electrons. The van der Waals surface area contributed by atoms with Crippen molar-refractivity contribution in [3.05, 3.63) is 72.1 Å². The summed E-state index contributed by atoms with van der Waals surface area (Å²) in [6.07, 6.45) is 3.15. The standard InChI is InChI=1S/C19H14FN5O2/c20-13-5-3-4-12(8-13)16-9-25-11-22-17(15(25)10-26-16)19-23-18(24-27-19)14-6-1-2-7-21-14/h1-8,11,16H,9-10H2/t16-/m0/s1. The number of hydrogen-bond acceptors (Lipinski definition) is 6. The van der Waals surface area contributed by atoms with E-state index in [2.05, 4.69) is 20.1 Å². The molecule has 0 fully saturated rings. The molecule has 8 heteroatoms. The Hall–Kier alpha value is -3.39. The van der Waals surface area contributed by atoms with Crippen molar-refractivity contribution in [3.63, 3.8) is 0 Å². The highest BCUT2D eigenvalue weighted by Gasteiger charge is 2.26. The largest absolute Gasteiger partial charge is 0.365 e. The van der Waals surface area contributed by atoms with Gasteiger partial charge in [0.1, 0.15) is 17.6 Å². The van der Waals surface area contributed by atoms with E-state index in [-0.39, 0.29) is 11.9 Å². The van der Waals surface area contributed by atoms with Crippen molar-refractivity contribution in [1.82, 2.24) is 24.7 Å². The van der Waals surface area contributed by atoms with E-state index in [9.17, 15) is 4.39 Å². The summed E-state index contributed by atoms with van der Waals surface area (Å²) in [5.41, 5.74) is 2.86. The first kappa shape index (κ1) is 15.8. The summed E-state index contributed by atoms with van der Waals surface area (Å²) in [4.78, 5) is 13.0. The Balaban J connectivity index is 1.43. The molecule has 1 aliphatic heterocycles. The van der Waals surface area contributed by atoms with Crippen LogP contribution in [-0.4, -0.2) is 24.7 Å². The van der Waals surface area contributed by atoms with Gasteiger partial charge in [-0.3, -0.25) is 4.98 Å². The molecular weight excluding hydrogens is 349 g/mol. The van der Waals surface area contributed by atoms with Gasteiger partial charge in [-0.05, 0) is 29.8 Å². The van der Waals surface area contributed by atoms with Crippen LogP contribution >= 0.6 is 0 Å². The molecular formula is C19H14FN5O2. The van der Waals surface area contributed by atoms with Crippen molar-refractivity contribution in [3.8, 4) is 23.1 Å². The summed E-state index contributed by atoms with van der Waals surface area (Å²) in [6, 6.07) is 11.9. The summed E-state index contributed by atoms with van der Waals surface area (Å²) in [5.74, 6) is 0.444. The summed E-state index contributed by atoms with van der Waals surface area (Å²) in [7, 11) is 0. The number of rotatable bonds is 3. The average molecular weight is 363 g/mol. The number of ether oxygens (including phenoxy) is 1. The lowest BCUT2D eigenvalue weighted by atomic mass is 10.1. The van der Waals surface area contributed by atoms with Crippen molar-refractivity contribution >= 4 is 0 Å². The van der Waals surface area contributed by atoms with Crippen LogP contribution < -0.4 is 0 Å². The van der Waals surface area contributed by atoms with Gasteiger partial charge in [0.05, 0.1) is 25.2 Å². The number of nitrogens with zero attached hydrogens (tertiary/aromatic N) is 5. The van der Waals surface area contributed by atoms with E-state index in [1.165, 1.54) is 12.1 Å². The maximum Gasteiger partial charge on any atom is 0.278 e. The summed E-state index contributed by atoms with van der Waals surface area (Å²) in [5, 5.41) is 3.98. The van der Waals surface area contributed by atoms with Crippen LogP contribution in [0.3, 0.4) is 0 Å². The molecule has 4 heterocycles. The smallest absolute Gasteiger partial charge is 0.278 e. The number of hydrogen-bond donors (Lipinski definition) is 0. The zero-order chi connectivity index (χ0) is 18.2. The second-order valence-electron chi connectivity index (χ2n) is 6.18. The van der Waals surface area contributed by atoms with Gasteiger partial charge < -0.3 is 13.8 Å². The topological polar surface area (TPSA) is 78.9 Å². The van der Waals surface area contributed by atoms with Crippen molar-refractivity contribution in [2.45, 2.75) is 19.3 Å². The van der Waals surface area contributed by atoms with Gasteiger partial charge in [-0.15, -0.1) is 0 Å². The third-order valence-electron chi connectivity index (χ3n) is 4.47. The maximum absolute atomic E-state index is 13.5. The maximum atomic E-state index is 13.5. The minimum atomic E-state index is -0.277. The van der Waals surface area contributed by atoms with Gasteiger partial charge in [-0.1, -0.05) is 23.4 Å². The minimum absolute atomic E-state index is 0.234. The van der Waals surface area contributed by atoms with Crippen LogP contribution in [0, 0.1) is 5.82 Å². The zero-order valence-corrected chi connectivity index (χ0v) is 14.1. The van der Waals surface area contributed by atoms with E-state index < -0.39 is 0 Å². The van der Waals surface area contributed by atoms with Gasteiger partial charge in [0.25, 0.3) is 5.89 Å². The van der Waals surface area contributed by atoms with Crippen LogP contribution in [0.15, 0.2) is 59.5 Å². The predicted molar refractivity (Wildman–Crippen MR) is 92.7 cm³/mol. The highest BCUT2D eigenvalue weighted by atomic mass is 19.1. The molecule has 0 unspecified atom stereocenters. The Morgan fingerprint density at radius 3 is 2.93 bits per heavy atom. The molecule has 1 aliphatic rings. The molecule has 1 aromatic carbocycles. The molecule has 7 nitrogen and oxygen atoms in total. The molecule has 0 bridgehead atoms. The molecule has 27 heavy (non-hydrogen) atoms. The molecule has 0 saturated carbocycles. The fraction of sp³-hybridized carbons (Fsp3) is 0.158. The Kier molecular flexibility index (Phi) is 3.75. The molecule has 4 aromatic rings. The first-order valence-corrected chi connectivity index (χ1v) is 8.44. The van der Waals surface area contributed by atoms with Crippen LogP contribution in [0.25, 0.3) is 23.1 Å². The van der Waals surface area contributed by atoms with Crippen molar-refractivity contribution in [2.75, 3.05) is 0 Å². The summed E-state index contributed by atoms with van der Waals surface area (Å²) >= 11 is 0. The van der Waals surface area contributed by atoms with Gasteiger partial charge in [-0.25, -0.2) is 9.37 Å². The van der Waals surface area contributed by atoms with E-state index in [4.69, 9.17) is 9.26 Å². The van der Waals surface area contributed by atoms with Gasteiger partial charge in [0, 0.05) is 6.20 Å². The van der Waals surface area contributed by atoms with Crippen molar-refractivity contribution in [2.24, 2.45) is 0 Å². The third-order valence-corrected chi connectivity index (χ3v) is 4.47. The highest BCUT2D eigenvalue weighted by molar-refractivity contribution is 5.56. The number of benzene rings is 1. The fourth-order valence-electron chi connectivity index (χ4n) is 3.13. The molecule has 0 spiro atoms. The second kappa shape index (κ2) is 6.40. The Bertz CT molecular complexity index is 1090. The monoisotopic (exact) mass is 363 g/mol. The Morgan fingerprint density at radius 2 is 2.07 bits per heavy atom. The van der Waals surface area contributed by atoms with E-state index in [0.29, 0.717) is 36.3 Å². The van der Waals surface area contributed by atoms with E-state index >= 15 is 0 Å². The lowest BCUT2D eigenvalue weighted by Gasteiger charge is -2.25. The molecule has 0 N–H and O–H groups in total. The van der Waals surface area contributed by atoms with Crippen molar-refractivity contribution < 1.29 is 13.7 Å². The average Bonchev–Trinajstić information content (AvgIpc) is 3.35. The molecule has 3 aromatic heterocycles. The Morgan fingerprint density at radius 1 is 1.11 bits per heavy atom. The SMILES string of the molecule is Fc1cccc([C@@H]2Cn3cnc(-c4nc(-c5ccccn5)no4)c3CO2)c1. The lowest BCUT2D eigenvalue weighted by molar-refractivity contribution is 0.00314. The highest BCUT2D eigenvalue weighted by Crippen LogP contribution is 2.31. The van der Waals surface area contributed by atoms with E-state index in [0.717, 1.165) is 11.3 Å². The minimum Gasteiger partial charge on any atom is -0.365 e. The van der Waals surface area contributed by atoms with Crippen LogP contribution in [0.5, 0.6) is 0 Å². The molecule has 0 amide bonds. The summed E-state index contributed by atoms with van der Waals surface area (Å²) in [6.45, 7) is 0.852. The van der Waals surface area contributed by atoms with Gasteiger partial charge in [0.15, 0.2) is 5.69 Å². The number of aromatic nitrogens is 5. The molecule has 1 atom stereocenters. The number of fused-ring (bicyclic) bond motifs is 1. The molecule has 0 aliphatic carbocycles. The lowest BCUT2D eigenvalue weighted by Crippen LogP contribution is -2.20. The third kappa shape index (κ3) is 2.89. The van der Waals surface area contributed by atoms with Crippen LogP contribution in [0.4, 0.5) is 4.39 Å². The molecule has 5 rings (SSSR count). The fourth-order valence-corrected chi connectivity index (χ4v) is 3.13. The number of halogens is 1. The van der Waals surface area contributed by atoms with Crippen LogP contribution in [0.1, 0.15) is 17.4 Å². The van der Waals surface area contributed by atoms with Crippen LogP contribution in [0.2, 0.25) is 0 Å². The number of imidazole rings is 1. The normalized spacial score (nSPS) is 16.3. The first-order valence-electron chi connectivity index (χ1n) is 8.44. The van der Waals surface area contributed by atoms with E-state index in [1.54, 1.807) is 18.6 Å². The van der Waals surface area contributed by atoms with Gasteiger partial charge in [-0.2, -0.15) is 4.98 Å². The molecule has 0 saturated heterocycles. The zero-order valence-electron chi connectivity index (χ0n) is 14.1. The second-order valence-corrected chi connectivity index (χ2v) is 6.18. The number of pyridine rings is 1. The van der Waals surface area contributed by atoms with Crippen molar-refractivity contribution in [1.29, 1.82) is 0 Å². The van der Waals surface area contributed by atoms with Gasteiger partial charge in [0.2, 0.25) is 5.82 Å².